The Morgan fingerprint density at radius 2 is 1.80 bits per heavy atom. The maximum absolute atomic E-state index is 5.09. The topological polar surface area (TPSA) is 38.0 Å². The van der Waals surface area contributed by atoms with Crippen molar-refractivity contribution in [2.24, 2.45) is 5.73 Å². The molecule has 3 N–H and O–H groups in total. The number of hydrogen-bond donors (Lipinski definition) is 3. The second-order valence-electron chi connectivity index (χ2n) is 1.82. The molecule has 2 nitrogen and oxygen atoms in total. The van der Waals surface area contributed by atoms with E-state index in [0.717, 1.165) is 31.8 Å². The molecule has 0 amide bonds. The first-order chi connectivity index (χ1) is 4.83. The summed E-state index contributed by atoms with van der Waals surface area (Å²) in [6, 6.07) is 0. The van der Waals surface area contributed by atoms with Crippen molar-refractivity contribution in [1.82, 2.24) is 5.32 Å². The average Bonchev–Trinajstić information content (AvgIpc) is 1.93. The minimum atomic E-state index is 0.767. The molecule has 0 aliphatic carbocycles. The van der Waals surface area contributed by atoms with E-state index in [9.17, 15) is 0 Å². The molecule has 0 heterocycles. The molecule has 0 aromatic rings. The molecule has 0 bridgehead atoms. The van der Waals surface area contributed by atoms with E-state index in [0.29, 0.717) is 0 Å². The molecule has 64 valence electrons. The number of hydrogen-bond acceptors (Lipinski definition) is 3. The Bertz CT molecular complexity index is 32.6. The van der Waals surface area contributed by atoms with Gasteiger partial charge in [0.05, 0.1) is 0 Å². The molecule has 0 aromatic heterocycles. The molecule has 0 aliphatic heterocycles. The van der Waals surface area contributed by atoms with Gasteiger partial charge in [0.2, 0.25) is 0 Å². The van der Waals surface area contributed by atoms with E-state index in [1.54, 1.807) is 0 Å². The first-order valence-corrected chi connectivity index (χ1v) is 4.48. The minimum absolute atomic E-state index is 0.767. The Morgan fingerprint density at radius 1 is 1.30 bits per heavy atom. The molecule has 0 fully saturated rings. The van der Waals surface area contributed by atoms with Crippen LogP contribution >= 0.6 is 12.6 Å². The second kappa shape index (κ2) is 16.1. The molecule has 10 heavy (non-hydrogen) atoms. The van der Waals surface area contributed by atoms with E-state index in [-0.39, 0.29) is 0 Å². The number of nitrogens with one attached hydrogen (secondary N) is 1. The van der Waals surface area contributed by atoms with Crippen LogP contribution in [0.15, 0.2) is 0 Å². The molecule has 0 unspecified atom stereocenters. The zero-order valence-electron chi connectivity index (χ0n) is 7.06. The lowest BCUT2D eigenvalue weighted by Gasteiger charge is -1.86. The van der Waals surface area contributed by atoms with E-state index in [1.165, 1.54) is 0 Å². The molecule has 0 atom stereocenters. The monoisotopic (exact) mass is 164 g/mol. The van der Waals surface area contributed by atoms with E-state index in [1.807, 2.05) is 0 Å². The fourth-order valence-electron chi connectivity index (χ4n) is 0.341. The van der Waals surface area contributed by atoms with Gasteiger partial charge in [-0.25, -0.2) is 0 Å². The quantitative estimate of drug-likeness (QED) is 0.540. The summed E-state index contributed by atoms with van der Waals surface area (Å²) < 4.78 is 0. The average molecular weight is 164 g/mol. The van der Waals surface area contributed by atoms with Crippen molar-refractivity contribution < 1.29 is 0 Å². The number of rotatable bonds is 4. The predicted octanol–water partition coefficient (Wildman–Crippen LogP) is 0.881. The number of nitrogens with two attached hydrogens (primary N) is 1. The Kier molecular flexibility index (Phi) is 20.8. The first-order valence-electron chi connectivity index (χ1n) is 3.85. The van der Waals surface area contributed by atoms with Gasteiger partial charge in [-0.2, -0.15) is 12.6 Å². The van der Waals surface area contributed by atoms with Crippen molar-refractivity contribution >= 4 is 12.6 Å². The smallest absolute Gasteiger partial charge is 0.00695 e. The van der Waals surface area contributed by atoms with Gasteiger partial charge in [-0.05, 0) is 31.8 Å². The summed E-state index contributed by atoms with van der Waals surface area (Å²) in [7, 11) is 0. The van der Waals surface area contributed by atoms with Crippen molar-refractivity contribution in [3.8, 4) is 0 Å². The Hall–Kier alpha value is 0.270. The van der Waals surface area contributed by atoms with Gasteiger partial charge in [-0.1, -0.05) is 13.8 Å². The molecule has 0 radical (unpaired) electrons. The fraction of sp³-hybridized carbons (Fsp3) is 1.00. The normalized spacial score (nSPS) is 8.40. The molecule has 0 saturated heterocycles. The van der Waals surface area contributed by atoms with Crippen molar-refractivity contribution in [1.29, 1.82) is 0 Å². The first kappa shape index (κ1) is 12.9. The van der Waals surface area contributed by atoms with Gasteiger partial charge in [-0.15, -0.1) is 0 Å². The van der Waals surface area contributed by atoms with Crippen LogP contribution in [0.5, 0.6) is 0 Å². The van der Waals surface area contributed by atoms with Crippen LogP contribution in [-0.4, -0.2) is 25.4 Å². The third kappa shape index (κ3) is 24.0. The van der Waals surface area contributed by atoms with Gasteiger partial charge in [0.1, 0.15) is 0 Å². The summed E-state index contributed by atoms with van der Waals surface area (Å²) in [5.74, 6) is 0.913. The zero-order chi connectivity index (χ0) is 8.24. The second-order valence-corrected chi connectivity index (χ2v) is 2.27. The lowest BCUT2D eigenvalue weighted by Crippen LogP contribution is -2.09. The zero-order valence-corrected chi connectivity index (χ0v) is 7.95. The van der Waals surface area contributed by atoms with E-state index in [4.69, 9.17) is 5.73 Å². The molecule has 0 rings (SSSR count). The minimum Gasteiger partial charge on any atom is -0.330 e. The molecule has 0 spiro atoms. The van der Waals surface area contributed by atoms with Crippen molar-refractivity contribution in [2.75, 3.05) is 25.4 Å². The predicted molar refractivity (Wildman–Crippen MR) is 51.7 cm³/mol. The summed E-state index contributed by atoms with van der Waals surface area (Å²) in [5.41, 5.74) is 5.09. The van der Waals surface area contributed by atoms with Gasteiger partial charge in [0.25, 0.3) is 0 Å². The molecule has 0 aliphatic rings. The van der Waals surface area contributed by atoms with E-state index >= 15 is 0 Å². The van der Waals surface area contributed by atoms with Crippen molar-refractivity contribution in [3.63, 3.8) is 0 Å². The Labute approximate surface area is 70.0 Å². The van der Waals surface area contributed by atoms with Crippen LogP contribution in [0.3, 0.4) is 0 Å². The highest BCUT2D eigenvalue weighted by Crippen LogP contribution is 1.74. The van der Waals surface area contributed by atoms with Crippen LogP contribution in [0.4, 0.5) is 0 Å². The van der Waals surface area contributed by atoms with Gasteiger partial charge in [-0.3, -0.25) is 0 Å². The highest BCUT2D eigenvalue weighted by atomic mass is 32.1. The molecule has 0 saturated carbocycles. The number of thiol groups is 1. The highest BCUT2D eigenvalue weighted by molar-refractivity contribution is 7.80. The van der Waals surface area contributed by atoms with Crippen LogP contribution in [0.1, 0.15) is 20.3 Å². The van der Waals surface area contributed by atoms with Gasteiger partial charge in [0.15, 0.2) is 0 Å². The molecular weight excluding hydrogens is 144 g/mol. The summed E-state index contributed by atoms with van der Waals surface area (Å²) >= 11 is 3.92. The highest BCUT2D eigenvalue weighted by Gasteiger charge is 1.68. The summed E-state index contributed by atoms with van der Waals surface area (Å²) in [4.78, 5) is 0. The van der Waals surface area contributed by atoms with Crippen LogP contribution in [-0.2, 0) is 0 Å². The van der Waals surface area contributed by atoms with E-state index < -0.39 is 0 Å². The summed E-state index contributed by atoms with van der Waals surface area (Å²) in [5, 5.41) is 3.11. The molecule has 0 aromatic carbocycles. The van der Waals surface area contributed by atoms with E-state index in [2.05, 4.69) is 31.8 Å². The van der Waals surface area contributed by atoms with Gasteiger partial charge in [0, 0.05) is 0 Å². The molecule has 3 heteroatoms. The van der Waals surface area contributed by atoms with Crippen LogP contribution in [0, 0.1) is 0 Å². The Morgan fingerprint density at radius 3 is 1.80 bits per heavy atom. The fourth-order valence-corrected chi connectivity index (χ4v) is 0.524. The van der Waals surface area contributed by atoms with Crippen LogP contribution in [0.25, 0.3) is 0 Å². The van der Waals surface area contributed by atoms with Crippen LogP contribution < -0.4 is 11.1 Å². The van der Waals surface area contributed by atoms with Gasteiger partial charge < -0.3 is 11.1 Å². The van der Waals surface area contributed by atoms with Crippen LogP contribution in [0.2, 0.25) is 0 Å². The standard InChI is InChI=1S/C4H11N.C3H9NS/c1-3-5-4-2;4-2-1-3-5/h5H,3-4H2,1-2H3;5H,1-4H2. The Balaban J connectivity index is 0. The lowest BCUT2D eigenvalue weighted by molar-refractivity contribution is 0.762. The van der Waals surface area contributed by atoms with Crippen molar-refractivity contribution in [3.05, 3.63) is 0 Å². The third-order valence-corrected chi connectivity index (χ3v) is 1.18. The van der Waals surface area contributed by atoms with Gasteiger partial charge >= 0.3 is 0 Å². The largest absolute Gasteiger partial charge is 0.330 e. The summed E-state index contributed by atoms with van der Waals surface area (Å²) in [6.07, 6.45) is 1.03. The molecular formula is C7H20N2S. The third-order valence-electron chi connectivity index (χ3n) is 0.862. The summed E-state index contributed by atoms with van der Waals surface area (Å²) in [6.45, 7) is 7.16. The lowest BCUT2D eigenvalue weighted by atomic mass is 10.5. The maximum atomic E-state index is 5.09. The maximum Gasteiger partial charge on any atom is -0.00695 e. The van der Waals surface area contributed by atoms with Crippen molar-refractivity contribution in [2.45, 2.75) is 20.3 Å². The SMILES string of the molecule is CCNCC.NCCCS.